The van der Waals surface area contributed by atoms with Gasteiger partial charge >= 0.3 is 0 Å². The van der Waals surface area contributed by atoms with Crippen LogP contribution in [0.25, 0.3) is 0 Å². The molecule has 2 rings (SSSR count). The van der Waals surface area contributed by atoms with Crippen LogP contribution in [0.15, 0.2) is 10.6 Å². The van der Waals surface area contributed by atoms with Gasteiger partial charge in [-0.1, -0.05) is 11.6 Å². The summed E-state index contributed by atoms with van der Waals surface area (Å²) in [6.45, 7) is -0.104. The van der Waals surface area contributed by atoms with E-state index < -0.39 is 24.4 Å². The van der Waals surface area contributed by atoms with Crippen LogP contribution in [-0.2, 0) is 4.74 Å². The van der Waals surface area contributed by atoms with E-state index >= 15 is 0 Å². The van der Waals surface area contributed by atoms with Crippen molar-refractivity contribution >= 4 is 28.1 Å². The Bertz CT molecular complexity index is 352. The lowest BCUT2D eigenvalue weighted by molar-refractivity contribution is -0.159. The Labute approximate surface area is 107 Å². The summed E-state index contributed by atoms with van der Waals surface area (Å²) >= 11 is 6.61. The van der Waals surface area contributed by atoms with Gasteiger partial charge in [-0.25, -0.2) is 0 Å². The molecule has 6 nitrogen and oxygen atoms in total. The lowest BCUT2D eigenvalue weighted by Gasteiger charge is -2.37. The zero-order chi connectivity index (χ0) is 12.4. The van der Waals surface area contributed by atoms with Crippen LogP contribution >= 0.6 is 23.0 Å². The van der Waals surface area contributed by atoms with Gasteiger partial charge in [0, 0.05) is 5.41 Å². The predicted molar refractivity (Wildman–Crippen MR) is 66.8 cm³/mol. The third kappa shape index (κ3) is 3.00. The van der Waals surface area contributed by atoms with Gasteiger partial charge in [0.2, 0.25) is 0 Å². The van der Waals surface area contributed by atoms with Crippen molar-refractivity contribution in [2.24, 2.45) is 0 Å². The second-order valence-electron chi connectivity index (χ2n) is 3.87. The van der Waals surface area contributed by atoms with Gasteiger partial charge in [-0.2, -0.15) is 0 Å². The molecule has 2 heterocycles. The van der Waals surface area contributed by atoms with E-state index in [1.165, 1.54) is 0 Å². The molecule has 2 aliphatic rings. The fraction of sp³-hybridized carbons (Fsp3) is 0.667. The number of hydrogen-bond donors (Lipinski definition) is 6. The molecule has 1 saturated heterocycles. The monoisotopic (exact) mass is 282 g/mol. The van der Waals surface area contributed by atoms with Crippen molar-refractivity contribution in [2.75, 3.05) is 13.2 Å². The topological polar surface area (TPSA) is 94.0 Å². The number of hydrogen-bond acceptors (Lipinski definition) is 6. The molecule has 0 spiro atoms. The average molecular weight is 283 g/mol. The Kier molecular flexibility index (Phi) is 4.42. The van der Waals surface area contributed by atoms with Crippen molar-refractivity contribution in [1.82, 2.24) is 10.6 Å². The SMILES string of the molecule is OC[C@H]1OC[C@H](NC2=[SH]C=C(Cl)N2)[C@@H](O)[C@H]1O. The Balaban J connectivity index is 1.91. The summed E-state index contributed by atoms with van der Waals surface area (Å²) in [6.07, 6.45) is -2.83. The first-order chi connectivity index (χ1) is 8.11. The number of aliphatic hydroxyl groups is 3. The van der Waals surface area contributed by atoms with Gasteiger partial charge in [-0.3, -0.25) is 5.32 Å². The maximum absolute atomic E-state index is 9.87. The summed E-state index contributed by atoms with van der Waals surface area (Å²) in [4.78, 5) is 0. The first-order valence-electron chi connectivity index (χ1n) is 5.17. The van der Waals surface area contributed by atoms with E-state index in [-0.39, 0.29) is 13.2 Å². The van der Waals surface area contributed by atoms with Crippen molar-refractivity contribution in [1.29, 1.82) is 0 Å². The fourth-order valence-electron chi connectivity index (χ4n) is 1.72. The van der Waals surface area contributed by atoms with E-state index in [4.69, 9.17) is 21.4 Å². The summed E-state index contributed by atoms with van der Waals surface area (Å²) in [6, 6.07) is -0.432. The number of nitrogens with one attached hydrogen (secondary N) is 2. The highest BCUT2D eigenvalue weighted by Crippen LogP contribution is 2.16. The number of aliphatic hydroxyl groups excluding tert-OH is 3. The molecule has 5 N–H and O–H groups in total. The smallest absolute Gasteiger partial charge is 0.113 e. The number of rotatable bonds is 2. The third-order valence-electron chi connectivity index (χ3n) is 2.68. The Morgan fingerprint density at radius 3 is 2.88 bits per heavy atom. The highest BCUT2D eigenvalue weighted by Gasteiger charge is 2.38. The van der Waals surface area contributed by atoms with Gasteiger partial charge in [0.25, 0.3) is 0 Å². The van der Waals surface area contributed by atoms with Crippen LogP contribution in [0.1, 0.15) is 0 Å². The highest BCUT2D eigenvalue weighted by atomic mass is 35.5. The molecule has 2 aliphatic heterocycles. The molecule has 0 aromatic rings. The maximum atomic E-state index is 9.87. The molecule has 0 aromatic carbocycles. The molecule has 0 aromatic heterocycles. The van der Waals surface area contributed by atoms with Crippen LogP contribution in [0.2, 0.25) is 0 Å². The van der Waals surface area contributed by atoms with E-state index in [9.17, 15) is 10.2 Å². The molecule has 0 bridgehead atoms. The van der Waals surface area contributed by atoms with Crippen LogP contribution in [-0.4, -0.2) is 58.0 Å². The van der Waals surface area contributed by atoms with Crippen molar-refractivity contribution < 1.29 is 20.1 Å². The molecule has 1 fully saturated rings. The van der Waals surface area contributed by atoms with Gasteiger partial charge in [-0.05, 0) is 0 Å². The number of ether oxygens (including phenoxy) is 1. The van der Waals surface area contributed by atoms with Crippen molar-refractivity contribution in [3.05, 3.63) is 10.6 Å². The van der Waals surface area contributed by atoms with Crippen molar-refractivity contribution in [2.45, 2.75) is 24.4 Å². The van der Waals surface area contributed by atoms with E-state index in [1.807, 2.05) is 0 Å². The molecule has 98 valence electrons. The van der Waals surface area contributed by atoms with Crippen LogP contribution in [0, 0.1) is 0 Å². The van der Waals surface area contributed by atoms with E-state index in [0.29, 0.717) is 5.16 Å². The Morgan fingerprint density at radius 2 is 2.29 bits per heavy atom. The summed E-state index contributed by atoms with van der Waals surface area (Å²) in [5.41, 5.74) is 0. The molecule has 4 atom stereocenters. The van der Waals surface area contributed by atoms with Gasteiger partial charge in [0.05, 0.1) is 19.3 Å². The second kappa shape index (κ2) is 5.66. The maximum Gasteiger partial charge on any atom is 0.113 e. The number of halogens is 1. The zero-order valence-electron chi connectivity index (χ0n) is 8.88. The first kappa shape index (κ1) is 13.3. The van der Waals surface area contributed by atoms with Crippen molar-refractivity contribution in [3.63, 3.8) is 0 Å². The van der Waals surface area contributed by atoms with Crippen LogP contribution in [0.3, 0.4) is 0 Å². The average Bonchev–Trinajstić information content (AvgIpc) is 2.71. The molecular weight excluding hydrogens is 268 g/mol. The minimum Gasteiger partial charge on any atom is -0.394 e. The molecule has 0 radical (unpaired) electrons. The normalized spacial score (nSPS) is 37.9. The third-order valence-corrected chi connectivity index (χ3v) is 3.92. The predicted octanol–water partition coefficient (Wildman–Crippen LogP) is -1.75. The second-order valence-corrected chi connectivity index (χ2v) is 5.24. The van der Waals surface area contributed by atoms with Crippen LogP contribution in [0.4, 0.5) is 0 Å². The molecule has 17 heavy (non-hydrogen) atoms. The Hall–Kier alpha value is -0.150. The first-order valence-corrected chi connectivity index (χ1v) is 6.51. The molecule has 0 saturated carbocycles. The van der Waals surface area contributed by atoms with Gasteiger partial charge < -0.3 is 25.4 Å². The van der Waals surface area contributed by atoms with Gasteiger partial charge in [0.15, 0.2) is 0 Å². The lowest BCUT2D eigenvalue weighted by Crippen LogP contribution is -2.60. The summed E-state index contributed by atoms with van der Waals surface area (Å²) in [5.74, 6) is 0. The molecule has 8 heteroatoms. The van der Waals surface area contributed by atoms with Crippen molar-refractivity contribution in [3.8, 4) is 0 Å². The van der Waals surface area contributed by atoms with E-state index in [0.717, 1.165) is 16.5 Å². The molecular formula is C9H15ClN2O4S. The van der Waals surface area contributed by atoms with E-state index in [2.05, 4.69) is 10.6 Å². The fourth-order valence-corrected chi connectivity index (χ4v) is 2.76. The van der Waals surface area contributed by atoms with Crippen LogP contribution < -0.4 is 10.6 Å². The molecule has 0 unspecified atom stereocenters. The highest BCUT2D eigenvalue weighted by molar-refractivity contribution is 8.01. The molecule has 0 amide bonds. The summed E-state index contributed by atoms with van der Waals surface area (Å²) in [7, 11) is 0. The van der Waals surface area contributed by atoms with Gasteiger partial charge in [0.1, 0.15) is 28.6 Å². The standard InChI is InChI=1S/C9H15ClN2O4S/c10-6-3-17-9(12-6)11-4-2-16-5(1-13)8(15)7(4)14/h3-5,7-8,11-15,17H,1-2H2/t4-,5+,7+,8-/m0/s1. The number of thiol groups is 1. The molecule has 0 aliphatic carbocycles. The minimum atomic E-state index is -1.10. The summed E-state index contributed by atoms with van der Waals surface area (Å²) in [5, 5.41) is 37.4. The van der Waals surface area contributed by atoms with Crippen LogP contribution in [0.5, 0.6) is 0 Å². The minimum absolute atomic E-state index is 0.210. The van der Waals surface area contributed by atoms with Gasteiger partial charge in [-0.15, -0.1) is 11.4 Å². The summed E-state index contributed by atoms with van der Waals surface area (Å²) < 4.78 is 5.24. The quantitative estimate of drug-likeness (QED) is 0.204. The largest absolute Gasteiger partial charge is 0.394 e. The van der Waals surface area contributed by atoms with E-state index in [1.54, 1.807) is 5.41 Å². The Morgan fingerprint density at radius 1 is 1.53 bits per heavy atom. The lowest BCUT2D eigenvalue weighted by atomic mass is 9.99. The zero-order valence-corrected chi connectivity index (χ0v) is 10.5.